The Morgan fingerprint density at radius 2 is 1.65 bits per heavy atom. The molecule has 23 heavy (non-hydrogen) atoms. The molecule has 1 aliphatic rings. The summed E-state index contributed by atoms with van der Waals surface area (Å²) in [6.07, 6.45) is -0.0461. The van der Waals surface area contributed by atoms with Crippen LogP contribution in [0.3, 0.4) is 0 Å². The average Bonchev–Trinajstić information content (AvgIpc) is 2.58. The molecular formula is C18H19F2NO2. The molecule has 1 aliphatic heterocycles. The zero-order valence-corrected chi connectivity index (χ0v) is 12.8. The molecule has 0 saturated carbocycles. The van der Waals surface area contributed by atoms with Crippen molar-refractivity contribution in [3.8, 4) is 5.75 Å². The maximum atomic E-state index is 13.0. The number of ether oxygens (including phenoxy) is 2. The fourth-order valence-electron chi connectivity index (χ4n) is 2.61. The van der Waals surface area contributed by atoms with Crippen molar-refractivity contribution in [3.63, 3.8) is 0 Å². The smallest absolute Gasteiger partial charge is 0.123 e. The molecule has 1 heterocycles. The monoisotopic (exact) mass is 319 g/mol. The van der Waals surface area contributed by atoms with Crippen LogP contribution in [0, 0.1) is 11.6 Å². The Hall–Kier alpha value is -1.98. The van der Waals surface area contributed by atoms with Crippen LogP contribution in [-0.4, -0.2) is 37.7 Å². The highest BCUT2D eigenvalue weighted by Gasteiger charge is 2.21. The Morgan fingerprint density at radius 3 is 2.35 bits per heavy atom. The predicted octanol–water partition coefficient (Wildman–Crippen LogP) is 3.42. The van der Waals surface area contributed by atoms with E-state index in [-0.39, 0.29) is 17.7 Å². The number of halogens is 2. The molecule has 0 N–H and O–H groups in total. The summed E-state index contributed by atoms with van der Waals surface area (Å²) in [6, 6.07) is 12.4. The summed E-state index contributed by atoms with van der Waals surface area (Å²) >= 11 is 0. The number of hydrogen-bond acceptors (Lipinski definition) is 3. The standard InChI is InChI=1S/C18H19F2NO2/c19-15-3-1-14(2-4-15)18-13-21(10-12-23-18)9-11-22-17-7-5-16(20)6-8-17/h1-8,18H,9-13H2/t18-/m0/s1. The van der Waals surface area contributed by atoms with E-state index in [4.69, 9.17) is 9.47 Å². The van der Waals surface area contributed by atoms with E-state index in [0.717, 1.165) is 25.2 Å². The lowest BCUT2D eigenvalue weighted by Gasteiger charge is -2.33. The lowest BCUT2D eigenvalue weighted by Crippen LogP contribution is -2.40. The van der Waals surface area contributed by atoms with Gasteiger partial charge in [-0.15, -0.1) is 0 Å². The van der Waals surface area contributed by atoms with Gasteiger partial charge in [0.05, 0.1) is 12.7 Å². The van der Waals surface area contributed by atoms with Crippen LogP contribution in [0.1, 0.15) is 11.7 Å². The van der Waals surface area contributed by atoms with Crippen LogP contribution >= 0.6 is 0 Å². The number of nitrogens with zero attached hydrogens (tertiary/aromatic N) is 1. The van der Waals surface area contributed by atoms with Crippen LogP contribution in [0.25, 0.3) is 0 Å². The van der Waals surface area contributed by atoms with Gasteiger partial charge < -0.3 is 9.47 Å². The molecule has 0 amide bonds. The highest BCUT2D eigenvalue weighted by Crippen LogP contribution is 2.22. The Morgan fingerprint density at radius 1 is 1.00 bits per heavy atom. The highest BCUT2D eigenvalue weighted by atomic mass is 19.1. The first-order valence-electron chi connectivity index (χ1n) is 7.68. The van der Waals surface area contributed by atoms with Crippen molar-refractivity contribution in [1.29, 1.82) is 0 Å². The van der Waals surface area contributed by atoms with Crippen molar-refractivity contribution in [2.75, 3.05) is 32.8 Å². The largest absolute Gasteiger partial charge is 0.492 e. The Labute approximate surface area is 134 Å². The third-order valence-corrected chi connectivity index (χ3v) is 3.88. The van der Waals surface area contributed by atoms with Gasteiger partial charge >= 0.3 is 0 Å². The van der Waals surface area contributed by atoms with Gasteiger partial charge in [-0.05, 0) is 42.0 Å². The van der Waals surface area contributed by atoms with Gasteiger partial charge in [-0.3, -0.25) is 4.90 Å². The Bertz CT molecular complexity index is 616. The second-order valence-corrected chi connectivity index (χ2v) is 5.51. The quantitative estimate of drug-likeness (QED) is 0.843. The third kappa shape index (κ3) is 4.50. The van der Waals surface area contributed by atoms with Gasteiger partial charge in [0, 0.05) is 19.6 Å². The van der Waals surface area contributed by atoms with E-state index in [9.17, 15) is 8.78 Å². The molecule has 0 spiro atoms. The summed E-state index contributed by atoms with van der Waals surface area (Å²) in [5.41, 5.74) is 0.982. The molecule has 2 aromatic carbocycles. The lowest BCUT2D eigenvalue weighted by atomic mass is 10.1. The van der Waals surface area contributed by atoms with Crippen LogP contribution in [0.2, 0.25) is 0 Å². The predicted molar refractivity (Wildman–Crippen MR) is 83.4 cm³/mol. The lowest BCUT2D eigenvalue weighted by molar-refractivity contribution is -0.0329. The van der Waals surface area contributed by atoms with Crippen molar-refractivity contribution in [2.24, 2.45) is 0 Å². The van der Waals surface area contributed by atoms with Crippen molar-refractivity contribution in [1.82, 2.24) is 4.90 Å². The van der Waals surface area contributed by atoms with E-state index in [1.54, 1.807) is 24.3 Å². The van der Waals surface area contributed by atoms with Crippen molar-refractivity contribution in [3.05, 3.63) is 65.7 Å². The molecule has 2 aromatic rings. The van der Waals surface area contributed by atoms with E-state index in [0.29, 0.717) is 19.0 Å². The number of morpholine rings is 1. The van der Waals surface area contributed by atoms with E-state index in [2.05, 4.69) is 4.90 Å². The fraction of sp³-hybridized carbons (Fsp3) is 0.333. The van der Waals surface area contributed by atoms with Crippen molar-refractivity contribution < 1.29 is 18.3 Å². The van der Waals surface area contributed by atoms with Gasteiger partial charge in [-0.25, -0.2) is 8.78 Å². The molecule has 0 bridgehead atoms. The molecule has 1 saturated heterocycles. The minimum Gasteiger partial charge on any atom is -0.492 e. The molecule has 0 aromatic heterocycles. The zero-order chi connectivity index (χ0) is 16.1. The van der Waals surface area contributed by atoms with Gasteiger partial charge in [-0.1, -0.05) is 12.1 Å². The molecular weight excluding hydrogens is 300 g/mol. The molecule has 3 nitrogen and oxygen atoms in total. The zero-order valence-electron chi connectivity index (χ0n) is 12.8. The summed E-state index contributed by atoms with van der Waals surface area (Å²) in [4.78, 5) is 2.25. The van der Waals surface area contributed by atoms with E-state index in [1.807, 2.05) is 0 Å². The Kier molecular flexibility index (Phi) is 5.20. The van der Waals surface area contributed by atoms with E-state index >= 15 is 0 Å². The first kappa shape index (κ1) is 15.9. The number of benzene rings is 2. The average molecular weight is 319 g/mol. The molecule has 0 unspecified atom stereocenters. The van der Waals surface area contributed by atoms with Crippen LogP contribution in [0.4, 0.5) is 8.78 Å². The first-order chi connectivity index (χ1) is 11.2. The number of hydrogen-bond donors (Lipinski definition) is 0. The summed E-state index contributed by atoms with van der Waals surface area (Å²) in [6.45, 7) is 3.52. The molecule has 3 rings (SSSR count). The van der Waals surface area contributed by atoms with Gasteiger partial charge in [0.25, 0.3) is 0 Å². The summed E-state index contributed by atoms with van der Waals surface area (Å²) < 4.78 is 37.2. The van der Waals surface area contributed by atoms with Crippen LogP contribution < -0.4 is 4.74 Å². The van der Waals surface area contributed by atoms with E-state index < -0.39 is 0 Å². The minimum absolute atomic E-state index is 0.0461. The topological polar surface area (TPSA) is 21.7 Å². The van der Waals surface area contributed by atoms with Gasteiger partial charge in [0.1, 0.15) is 24.0 Å². The second kappa shape index (κ2) is 7.53. The summed E-state index contributed by atoms with van der Waals surface area (Å²) in [7, 11) is 0. The third-order valence-electron chi connectivity index (χ3n) is 3.88. The summed E-state index contributed by atoms with van der Waals surface area (Å²) in [5, 5.41) is 0. The SMILES string of the molecule is Fc1ccc(OCCN2CCO[C@H](c3ccc(F)cc3)C2)cc1. The maximum absolute atomic E-state index is 13.0. The molecule has 0 radical (unpaired) electrons. The minimum atomic E-state index is -0.271. The number of rotatable bonds is 5. The Balaban J connectivity index is 1.48. The van der Waals surface area contributed by atoms with Crippen LogP contribution in [0.15, 0.2) is 48.5 Å². The van der Waals surface area contributed by atoms with E-state index in [1.165, 1.54) is 24.3 Å². The summed E-state index contributed by atoms with van der Waals surface area (Å²) in [5.74, 6) is 0.150. The second-order valence-electron chi connectivity index (χ2n) is 5.51. The van der Waals surface area contributed by atoms with Crippen molar-refractivity contribution in [2.45, 2.75) is 6.10 Å². The molecule has 5 heteroatoms. The van der Waals surface area contributed by atoms with Crippen LogP contribution in [0.5, 0.6) is 5.75 Å². The molecule has 1 atom stereocenters. The fourth-order valence-corrected chi connectivity index (χ4v) is 2.61. The first-order valence-corrected chi connectivity index (χ1v) is 7.68. The maximum Gasteiger partial charge on any atom is 0.123 e. The molecule has 122 valence electrons. The molecule has 1 fully saturated rings. The van der Waals surface area contributed by atoms with Gasteiger partial charge in [-0.2, -0.15) is 0 Å². The van der Waals surface area contributed by atoms with Gasteiger partial charge in [0.2, 0.25) is 0 Å². The van der Waals surface area contributed by atoms with Crippen LogP contribution in [-0.2, 0) is 4.74 Å². The van der Waals surface area contributed by atoms with Gasteiger partial charge in [0.15, 0.2) is 0 Å². The highest BCUT2D eigenvalue weighted by molar-refractivity contribution is 5.22. The normalized spacial score (nSPS) is 18.8. The molecule has 0 aliphatic carbocycles. The van der Waals surface area contributed by atoms with Crippen molar-refractivity contribution >= 4 is 0 Å².